The first kappa shape index (κ1) is 20.2. The summed E-state index contributed by atoms with van der Waals surface area (Å²) < 4.78 is 0. The molecule has 0 bridgehead atoms. The largest absolute Gasteiger partial charge is 0.504 e. The number of hydrogen-bond acceptors (Lipinski definition) is 6. The lowest BCUT2D eigenvalue weighted by atomic mass is 9.76. The van der Waals surface area contributed by atoms with E-state index in [4.69, 9.17) is 0 Å². The molecule has 3 aliphatic heterocycles. The number of para-hydroxylation sites is 1. The van der Waals surface area contributed by atoms with Gasteiger partial charge in [0.05, 0.1) is 11.8 Å². The molecule has 0 radical (unpaired) electrons. The van der Waals surface area contributed by atoms with Crippen LogP contribution in [0.25, 0.3) is 0 Å². The fourth-order valence-electron chi connectivity index (χ4n) is 6.43. The van der Waals surface area contributed by atoms with Crippen molar-refractivity contribution in [2.45, 2.75) is 49.7 Å². The molecule has 8 nitrogen and oxygen atoms in total. The number of nitrogens with zero attached hydrogens (tertiary/aromatic N) is 1. The van der Waals surface area contributed by atoms with Crippen molar-refractivity contribution in [3.8, 4) is 11.5 Å². The highest BCUT2D eigenvalue weighted by Crippen LogP contribution is 2.54. The van der Waals surface area contributed by atoms with Crippen molar-refractivity contribution < 1.29 is 24.6 Å². The number of carbonyl (C=O) groups excluding carboxylic acids is 3. The van der Waals surface area contributed by atoms with Crippen LogP contribution in [0.1, 0.15) is 36.8 Å². The predicted octanol–water partition coefficient (Wildman–Crippen LogP) is 2.00. The highest BCUT2D eigenvalue weighted by Gasteiger charge is 2.70. The van der Waals surface area contributed by atoms with Gasteiger partial charge in [0.1, 0.15) is 5.54 Å². The minimum atomic E-state index is -1.31. The zero-order chi connectivity index (χ0) is 22.9. The fourth-order valence-corrected chi connectivity index (χ4v) is 6.43. The second-order valence-electron chi connectivity index (χ2n) is 9.57. The highest BCUT2D eigenvalue weighted by molar-refractivity contribution is 6.15. The molecule has 2 aromatic rings. The maximum absolute atomic E-state index is 13.8. The minimum Gasteiger partial charge on any atom is -0.504 e. The summed E-state index contributed by atoms with van der Waals surface area (Å²) in [6.45, 7) is 0. The predicted molar refractivity (Wildman–Crippen MR) is 118 cm³/mol. The Hall–Kier alpha value is -3.39. The Morgan fingerprint density at radius 2 is 1.73 bits per heavy atom. The van der Waals surface area contributed by atoms with E-state index in [-0.39, 0.29) is 35.3 Å². The maximum atomic E-state index is 13.8. The lowest BCUT2D eigenvalue weighted by molar-refractivity contribution is -0.145. The Bertz CT molecular complexity index is 1190. The van der Waals surface area contributed by atoms with E-state index in [1.807, 2.05) is 18.2 Å². The van der Waals surface area contributed by atoms with Gasteiger partial charge in [-0.1, -0.05) is 37.1 Å². The zero-order valence-electron chi connectivity index (χ0n) is 18.0. The quantitative estimate of drug-likeness (QED) is 0.422. The van der Waals surface area contributed by atoms with E-state index in [2.05, 4.69) is 10.6 Å². The second kappa shape index (κ2) is 7.05. The molecule has 170 valence electrons. The molecule has 4 aliphatic rings. The van der Waals surface area contributed by atoms with Crippen molar-refractivity contribution in [2.24, 2.45) is 11.8 Å². The number of phenols is 2. The number of likely N-dealkylation sites (tertiary alicyclic amines) is 1. The summed E-state index contributed by atoms with van der Waals surface area (Å²) in [5.41, 5.74) is 0.724. The molecule has 8 heteroatoms. The SMILES string of the molecule is O=C1[C@H]2[C@@H](C(=O)N1C1CCCC1)[C@]1(N[C@@H]2Cc2ccc(O)c(O)c2)C(=O)Nc2ccccc21. The number of imide groups is 1. The number of rotatable bonds is 3. The number of nitrogens with one attached hydrogen (secondary N) is 2. The molecule has 3 fully saturated rings. The van der Waals surface area contributed by atoms with Crippen LogP contribution < -0.4 is 10.6 Å². The lowest BCUT2D eigenvalue weighted by Crippen LogP contribution is -2.54. The summed E-state index contributed by atoms with van der Waals surface area (Å²) in [4.78, 5) is 42.4. The molecule has 0 unspecified atom stereocenters. The number of hydrogen-bond donors (Lipinski definition) is 4. The lowest BCUT2D eigenvalue weighted by Gasteiger charge is -2.31. The molecular weight excluding hydrogens is 422 g/mol. The fraction of sp³-hybridized carbons (Fsp3) is 0.400. The standard InChI is InChI=1S/C25H25N3O5/c29-18-10-9-13(12-19(18)30)11-17-20-21(23(32)28(22(20)31)14-5-1-2-6-14)25(27-17)15-7-3-4-8-16(15)26-24(25)33/h3-4,7-10,12,14,17,20-21,27,29-30H,1-2,5-6,11H2,(H,26,33)/t17-,20-,21+,25+/m1/s1. The summed E-state index contributed by atoms with van der Waals surface area (Å²) >= 11 is 0. The van der Waals surface area contributed by atoms with E-state index >= 15 is 0 Å². The molecule has 1 saturated carbocycles. The molecule has 1 aliphatic carbocycles. The molecule has 3 heterocycles. The Morgan fingerprint density at radius 1 is 0.970 bits per heavy atom. The summed E-state index contributed by atoms with van der Waals surface area (Å²) in [5, 5.41) is 25.9. The van der Waals surface area contributed by atoms with Gasteiger partial charge in [-0.2, -0.15) is 0 Å². The number of amides is 3. The van der Waals surface area contributed by atoms with Gasteiger partial charge in [-0.05, 0) is 43.0 Å². The first-order valence-corrected chi connectivity index (χ1v) is 11.5. The van der Waals surface area contributed by atoms with Gasteiger partial charge in [0.15, 0.2) is 11.5 Å². The van der Waals surface area contributed by atoms with Crippen LogP contribution in [0.3, 0.4) is 0 Å². The van der Waals surface area contributed by atoms with E-state index < -0.39 is 23.4 Å². The second-order valence-corrected chi connectivity index (χ2v) is 9.57. The van der Waals surface area contributed by atoms with Crippen LogP contribution in [0.5, 0.6) is 11.5 Å². The topological polar surface area (TPSA) is 119 Å². The monoisotopic (exact) mass is 447 g/mol. The van der Waals surface area contributed by atoms with Gasteiger partial charge in [0.2, 0.25) is 17.7 Å². The minimum absolute atomic E-state index is 0.106. The molecule has 1 spiro atoms. The summed E-state index contributed by atoms with van der Waals surface area (Å²) in [5.74, 6) is -2.79. The first-order valence-electron chi connectivity index (χ1n) is 11.5. The summed E-state index contributed by atoms with van der Waals surface area (Å²) in [7, 11) is 0. The number of phenolic OH excluding ortho intramolecular Hbond substituents is 2. The normalized spacial score (nSPS) is 30.8. The van der Waals surface area contributed by atoms with Gasteiger partial charge in [0, 0.05) is 23.3 Å². The molecule has 4 N–H and O–H groups in total. The smallest absolute Gasteiger partial charge is 0.250 e. The van der Waals surface area contributed by atoms with Crippen LogP contribution in [-0.4, -0.2) is 44.9 Å². The van der Waals surface area contributed by atoms with Crippen LogP contribution in [0, 0.1) is 11.8 Å². The van der Waals surface area contributed by atoms with Crippen molar-refractivity contribution in [2.75, 3.05) is 5.32 Å². The van der Waals surface area contributed by atoms with Gasteiger partial charge in [-0.15, -0.1) is 0 Å². The van der Waals surface area contributed by atoms with Crippen LogP contribution in [0.15, 0.2) is 42.5 Å². The molecule has 3 amide bonds. The summed E-state index contributed by atoms with van der Waals surface area (Å²) in [6, 6.07) is 11.2. The van der Waals surface area contributed by atoms with Gasteiger partial charge >= 0.3 is 0 Å². The van der Waals surface area contributed by atoms with Crippen LogP contribution in [0.2, 0.25) is 0 Å². The molecule has 2 aromatic carbocycles. The van der Waals surface area contributed by atoms with Crippen molar-refractivity contribution >= 4 is 23.4 Å². The van der Waals surface area contributed by atoms with E-state index in [1.165, 1.54) is 17.0 Å². The van der Waals surface area contributed by atoms with E-state index in [1.54, 1.807) is 12.1 Å². The maximum Gasteiger partial charge on any atom is 0.250 e. The molecule has 33 heavy (non-hydrogen) atoms. The van der Waals surface area contributed by atoms with Gasteiger partial charge in [-0.3, -0.25) is 24.6 Å². The average Bonchev–Trinajstić information content (AvgIpc) is 3.53. The van der Waals surface area contributed by atoms with Crippen molar-refractivity contribution in [3.05, 3.63) is 53.6 Å². The number of fused-ring (bicyclic) bond motifs is 4. The van der Waals surface area contributed by atoms with Crippen molar-refractivity contribution in [1.29, 1.82) is 0 Å². The van der Waals surface area contributed by atoms with Crippen molar-refractivity contribution in [3.63, 3.8) is 0 Å². The Kier molecular flexibility index (Phi) is 4.32. The number of aromatic hydroxyl groups is 2. The highest BCUT2D eigenvalue weighted by atomic mass is 16.3. The average molecular weight is 447 g/mol. The van der Waals surface area contributed by atoms with Gasteiger partial charge < -0.3 is 15.5 Å². The van der Waals surface area contributed by atoms with Crippen LogP contribution >= 0.6 is 0 Å². The number of anilines is 1. The Morgan fingerprint density at radius 3 is 2.48 bits per heavy atom. The molecular formula is C25H25N3O5. The Balaban J connectivity index is 1.46. The molecule has 0 aromatic heterocycles. The number of carbonyl (C=O) groups is 3. The van der Waals surface area contributed by atoms with Crippen LogP contribution in [0.4, 0.5) is 5.69 Å². The third-order valence-corrected chi connectivity index (χ3v) is 7.84. The van der Waals surface area contributed by atoms with E-state index in [0.717, 1.165) is 25.7 Å². The number of benzene rings is 2. The zero-order valence-corrected chi connectivity index (χ0v) is 18.0. The third kappa shape index (κ3) is 2.70. The van der Waals surface area contributed by atoms with E-state index in [9.17, 15) is 24.6 Å². The Labute approximate surface area is 190 Å². The van der Waals surface area contributed by atoms with Gasteiger partial charge in [0.25, 0.3) is 0 Å². The van der Waals surface area contributed by atoms with Crippen molar-refractivity contribution in [1.82, 2.24) is 10.2 Å². The first-order chi connectivity index (χ1) is 15.9. The van der Waals surface area contributed by atoms with Gasteiger partial charge in [-0.25, -0.2) is 0 Å². The van der Waals surface area contributed by atoms with E-state index in [0.29, 0.717) is 23.2 Å². The molecule has 6 rings (SSSR count). The van der Waals surface area contributed by atoms with Crippen LogP contribution in [-0.2, 0) is 26.3 Å². The molecule has 4 atom stereocenters. The third-order valence-electron chi connectivity index (χ3n) is 7.84. The molecule has 2 saturated heterocycles. The summed E-state index contributed by atoms with van der Waals surface area (Å²) in [6.07, 6.45) is 3.90.